The van der Waals surface area contributed by atoms with Crippen molar-refractivity contribution >= 4 is 17.1 Å². The molecule has 0 aliphatic rings. The summed E-state index contributed by atoms with van der Waals surface area (Å²) in [6.07, 6.45) is 1.74. The van der Waals surface area contributed by atoms with Crippen molar-refractivity contribution in [3.8, 4) is 0 Å². The van der Waals surface area contributed by atoms with Gasteiger partial charge in [-0.15, -0.1) is 0 Å². The van der Waals surface area contributed by atoms with Crippen molar-refractivity contribution < 1.29 is 0 Å². The van der Waals surface area contributed by atoms with E-state index >= 15 is 0 Å². The molecule has 0 aliphatic carbocycles. The van der Waals surface area contributed by atoms with Gasteiger partial charge in [-0.1, -0.05) is 0 Å². The van der Waals surface area contributed by atoms with Crippen LogP contribution in [0.5, 0.6) is 0 Å². The van der Waals surface area contributed by atoms with Crippen LogP contribution in [0.4, 0.5) is 5.95 Å². The zero-order valence-corrected chi connectivity index (χ0v) is 8.86. The summed E-state index contributed by atoms with van der Waals surface area (Å²) in [5.41, 5.74) is 7.99. The van der Waals surface area contributed by atoms with E-state index in [1.807, 2.05) is 18.5 Å². The Kier molecular flexibility index (Phi) is 2.51. The maximum absolute atomic E-state index is 5.39. The molecule has 0 saturated heterocycles. The number of fused-ring (bicyclic) bond motifs is 1. The number of nitrogens with one attached hydrogen (secondary N) is 1. The first kappa shape index (κ1) is 9.85. The number of nitrogens with zero attached hydrogens (tertiary/aromatic N) is 4. The highest BCUT2D eigenvalue weighted by Crippen LogP contribution is 2.14. The molecule has 2 heterocycles. The molecule has 0 aliphatic heterocycles. The minimum atomic E-state index is 0.558. The lowest BCUT2D eigenvalue weighted by Gasteiger charge is -2.04. The average molecular weight is 206 g/mol. The maximum Gasteiger partial charge on any atom is 0.225 e. The summed E-state index contributed by atoms with van der Waals surface area (Å²) in [5.74, 6) is 0.587. The number of hydrogen-bond acceptors (Lipinski definition) is 5. The Balaban J connectivity index is 2.44. The number of anilines is 1. The van der Waals surface area contributed by atoms with Crippen LogP contribution >= 0.6 is 0 Å². The summed E-state index contributed by atoms with van der Waals surface area (Å²) < 4.78 is 1.91. The molecule has 0 radical (unpaired) electrons. The van der Waals surface area contributed by atoms with Crippen LogP contribution in [-0.4, -0.2) is 32.6 Å². The molecule has 6 nitrogen and oxygen atoms in total. The second-order valence-corrected chi connectivity index (χ2v) is 3.38. The average Bonchev–Trinajstić information content (AvgIpc) is 2.58. The monoisotopic (exact) mass is 206 g/mol. The quantitative estimate of drug-likeness (QED) is 0.741. The first-order valence-electron chi connectivity index (χ1n) is 4.82. The van der Waals surface area contributed by atoms with Crippen LogP contribution < -0.4 is 11.1 Å². The van der Waals surface area contributed by atoms with E-state index in [4.69, 9.17) is 5.73 Å². The van der Waals surface area contributed by atoms with Gasteiger partial charge in [0.25, 0.3) is 0 Å². The van der Waals surface area contributed by atoms with Crippen LogP contribution in [0, 0.1) is 6.92 Å². The summed E-state index contributed by atoms with van der Waals surface area (Å²) >= 11 is 0. The molecule has 2 aromatic heterocycles. The maximum atomic E-state index is 5.39. The van der Waals surface area contributed by atoms with Crippen molar-refractivity contribution in [3.05, 3.63) is 12.0 Å². The van der Waals surface area contributed by atoms with Gasteiger partial charge >= 0.3 is 0 Å². The fourth-order valence-electron chi connectivity index (χ4n) is 1.52. The lowest BCUT2D eigenvalue weighted by atomic mass is 10.4. The summed E-state index contributed by atoms with van der Waals surface area (Å²) in [6, 6.07) is 0. The van der Waals surface area contributed by atoms with Gasteiger partial charge in [0.2, 0.25) is 5.95 Å². The molecule has 0 bridgehead atoms. The van der Waals surface area contributed by atoms with Gasteiger partial charge in [-0.05, 0) is 6.92 Å². The van der Waals surface area contributed by atoms with Gasteiger partial charge < -0.3 is 15.6 Å². The molecule has 80 valence electrons. The number of hydrogen-bond donors (Lipinski definition) is 2. The summed E-state index contributed by atoms with van der Waals surface area (Å²) in [6.45, 7) is 3.17. The first-order valence-corrected chi connectivity index (χ1v) is 4.82. The van der Waals surface area contributed by atoms with E-state index in [-0.39, 0.29) is 0 Å². The zero-order chi connectivity index (χ0) is 10.8. The lowest BCUT2D eigenvalue weighted by Crippen LogP contribution is -2.15. The van der Waals surface area contributed by atoms with E-state index in [1.165, 1.54) is 0 Å². The summed E-state index contributed by atoms with van der Waals surface area (Å²) in [5, 5.41) is 3.04. The molecule has 15 heavy (non-hydrogen) atoms. The van der Waals surface area contributed by atoms with Gasteiger partial charge in [0.1, 0.15) is 5.52 Å². The van der Waals surface area contributed by atoms with E-state index in [0.717, 1.165) is 11.2 Å². The van der Waals surface area contributed by atoms with Gasteiger partial charge in [-0.25, -0.2) is 9.97 Å². The molecule has 2 rings (SSSR count). The summed E-state index contributed by atoms with van der Waals surface area (Å²) in [4.78, 5) is 12.8. The SMILES string of the molecule is Cc1nc(NCCN)nc2ncn(C)c12. The molecular formula is C9H14N6. The Bertz CT molecular complexity index is 475. The van der Waals surface area contributed by atoms with Crippen molar-refractivity contribution in [2.24, 2.45) is 12.8 Å². The Morgan fingerprint density at radius 2 is 2.27 bits per heavy atom. The number of rotatable bonds is 3. The van der Waals surface area contributed by atoms with Crippen molar-refractivity contribution in [1.82, 2.24) is 19.5 Å². The number of aryl methyl sites for hydroxylation is 2. The molecule has 0 aromatic carbocycles. The molecule has 3 N–H and O–H groups in total. The second-order valence-electron chi connectivity index (χ2n) is 3.38. The van der Waals surface area contributed by atoms with Crippen LogP contribution in [0.15, 0.2) is 6.33 Å². The zero-order valence-electron chi connectivity index (χ0n) is 8.86. The molecule has 6 heteroatoms. The van der Waals surface area contributed by atoms with Gasteiger partial charge in [0, 0.05) is 20.1 Å². The third-order valence-electron chi connectivity index (χ3n) is 2.17. The molecule has 2 aromatic rings. The Morgan fingerprint density at radius 3 is 3.00 bits per heavy atom. The fourth-order valence-corrected chi connectivity index (χ4v) is 1.52. The molecule has 0 spiro atoms. The molecule has 0 amide bonds. The smallest absolute Gasteiger partial charge is 0.225 e. The van der Waals surface area contributed by atoms with Crippen LogP contribution in [0.3, 0.4) is 0 Å². The third-order valence-corrected chi connectivity index (χ3v) is 2.17. The Morgan fingerprint density at radius 1 is 1.47 bits per heavy atom. The molecule has 0 atom stereocenters. The first-order chi connectivity index (χ1) is 7.22. The van der Waals surface area contributed by atoms with Gasteiger partial charge in [0.15, 0.2) is 5.65 Å². The number of aromatic nitrogens is 4. The van der Waals surface area contributed by atoms with Crippen molar-refractivity contribution in [2.75, 3.05) is 18.4 Å². The largest absolute Gasteiger partial charge is 0.353 e. The molecule has 0 fully saturated rings. The van der Waals surface area contributed by atoms with Gasteiger partial charge in [-0.2, -0.15) is 4.98 Å². The highest BCUT2D eigenvalue weighted by Gasteiger charge is 2.07. The van der Waals surface area contributed by atoms with Crippen LogP contribution in [0.25, 0.3) is 11.2 Å². The van der Waals surface area contributed by atoms with E-state index < -0.39 is 0 Å². The van der Waals surface area contributed by atoms with E-state index in [1.54, 1.807) is 6.33 Å². The molecule has 0 unspecified atom stereocenters. The van der Waals surface area contributed by atoms with E-state index in [0.29, 0.717) is 24.7 Å². The van der Waals surface area contributed by atoms with Gasteiger partial charge in [0.05, 0.1) is 12.0 Å². The lowest BCUT2D eigenvalue weighted by molar-refractivity contribution is 0.934. The fraction of sp³-hybridized carbons (Fsp3) is 0.444. The van der Waals surface area contributed by atoms with Crippen molar-refractivity contribution in [3.63, 3.8) is 0 Å². The summed E-state index contributed by atoms with van der Waals surface area (Å²) in [7, 11) is 1.93. The molecule has 0 saturated carbocycles. The third kappa shape index (κ3) is 1.75. The van der Waals surface area contributed by atoms with Crippen LogP contribution in [-0.2, 0) is 7.05 Å². The van der Waals surface area contributed by atoms with Crippen LogP contribution in [0.2, 0.25) is 0 Å². The number of imidazole rings is 1. The van der Waals surface area contributed by atoms with E-state index in [9.17, 15) is 0 Å². The Labute approximate surface area is 87.5 Å². The van der Waals surface area contributed by atoms with Crippen molar-refractivity contribution in [2.45, 2.75) is 6.92 Å². The number of nitrogens with two attached hydrogens (primary N) is 1. The Hall–Kier alpha value is -1.69. The van der Waals surface area contributed by atoms with E-state index in [2.05, 4.69) is 20.3 Å². The minimum absolute atomic E-state index is 0.558. The normalized spacial score (nSPS) is 10.9. The van der Waals surface area contributed by atoms with Crippen molar-refractivity contribution in [1.29, 1.82) is 0 Å². The van der Waals surface area contributed by atoms with Gasteiger partial charge in [-0.3, -0.25) is 0 Å². The predicted molar refractivity (Wildman–Crippen MR) is 58.6 cm³/mol. The predicted octanol–water partition coefficient (Wildman–Crippen LogP) is 0.0423. The second kappa shape index (κ2) is 3.82. The standard InChI is InChI=1S/C9H14N6/c1-6-7-8(12-5-15(7)2)14-9(13-6)11-4-3-10/h5H,3-4,10H2,1-2H3,(H,11,13,14). The van der Waals surface area contributed by atoms with Crippen LogP contribution in [0.1, 0.15) is 5.69 Å². The minimum Gasteiger partial charge on any atom is -0.353 e. The highest BCUT2D eigenvalue weighted by molar-refractivity contribution is 5.74. The topological polar surface area (TPSA) is 81.7 Å². The molecular weight excluding hydrogens is 192 g/mol. The highest BCUT2D eigenvalue weighted by atomic mass is 15.2.